The predicted molar refractivity (Wildman–Crippen MR) is 80.3 cm³/mol. The SMILES string of the molecule is CC(=O)Oc1c(NS(C)(=O)=O)ccc(NC(=O)CCl)c1C. The summed E-state index contributed by atoms with van der Waals surface area (Å²) in [6, 6.07) is 2.87. The van der Waals surface area contributed by atoms with Crippen molar-refractivity contribution in [3.8, 4) is 5.75 Å². The second kappa shape index (κ2) is 6.77. The van der Waals surface area contributed by atoms with Crippen LogP contribution in [0.15, 0.2) is 12.1 Å². The van der Waals surface area contributed by atoms with E-state index in [1.807, 2.05) is 0 Å². The van der Waals surface area contributed by atoms with Crippen LogP contribution >= 0.6 is 11.6 Å². The van der Waals surface area contributed by atoms with Crippen molar-refractivity contribution in [1.29, 1.82) is 0 Å². The first-order chi connectivity index (χ1) is 9.64. The largest absolute Gasteiger partial charge is 0.424 e. The molecule has 0 aliphatic carbocycles. The van der Waals surface area contributed by atoms with E-state index in [2.05, 4.69) is 10.0 Å². The Morgan fingerprint density at radius 3 is 2.33 bits per heavy atom. The van der Waals surface area contributed by atoms with Crippen molar-refractivity contribution in [2.24, 2.45) is 0 Å². The van der Waals surface area contributed by atoms with Crippen LogP contribution in [0.5, 0.6) is 5.75 Å². The maximum absolute atomic E-state index is 11.3. The van der Waals surface area contributed by atoms with Crippen LogP contribution in [0, 0.1) is 6.92 Å². The van der Waals surface area contributed by atoms with E-state index in [4.69, 9.17) is 16.3 Å². The Morgan fingerprint density at radius 2 is 1.86 bits per heavy atom. The molecule has 0 heterocycles. The highest BCUT2D eigenvalue weighted by molar-refractivity contribution is 7.92. The zero-order chi connectivity index (χ0) is 16.2. The standard InChI is InChI=1S/C12H15ClN2O5S/c1-7-9(14-11(17)6-13)4-5-10(15-21(3,18)19)12(7)20-8(2)16/h4-5,15H,6H2,1-3H3,(H,14,17). The van der Waals surface area contributed by atoms with Crippen LogP contribution in [0.25, 0.3) is 0 Å². The van der Waals surface area contributed by atoms with E-state index >= 15 is 0 Å². The van der Waals surface area contributed by atoms with E-state index in [0.717, 1.165) is 6.26 Å². The third-order valence-corrected chi connectivity index (χ3v) is 3.18. The average molecular weight is 335 g/mol. The Labute approximate surface area is 127 Å². The molecule has 0 bridgehead atoms. The predicted octanol–water partition coefficient (Wildman–Crippen LogP) is 1.47. The highest BCUT2D eigenvalue weighted by atomic mass is 35.5. The maximum Gasteiger partial charge on any atom is 0.308 e. The number of ether oxygens (including phenoxy) is 1. The normalized spacial score (nSPS) is 10.9. The molecule has 0 fully saturated rings. The number of hydrogen-bond donors (Lipinski definition) is 2. The van der Waals surface area contributed by atoms with Crippen LogP contribution in [0.1, 0.15) is 12.5 Å². The second-order valence-electron chi connectivity index (χ2n) is 4.26. The summed E-state index contributed by atoms with van der Waals surface area (Å²) < 4.78 is 29.9. The Bertz CT molecular complexity index is 672. The third kappa shape index (κ3) is 5.24. The minimum absolute atomic E-state index is 0.0281. The van der Waals surface area contributed by atoms with Gasteiger partial charge in [-0.25, -0.2) is 8.42 Å². The Balaban J connectivity index is 3.31. The molecule has 21 heavy (non-hydrogen) atoms. The molecule has 1 aromatic carbocycles. The van der Waals surface area contributed by atoms with Crippen LogP contribution < -0.4 is 14.8 Å². The molecule has 0 atom stereocenters. The lowest BCUT2D eigenvalue weighted by molar-refractivity contribution is -0.131. The molecule has 0 unspecified atom stereocenters. The second-order valence-corrected chi connectivity index (χ2v) is 6.28. The molecule has 9 heteroatoms. The Kier molecular flexibility index (Phi) is 5.56. The molecule has 0 saturated carbocycles. The third-order valence-electron chi connectivity index (χ3n) is 2.34. The van der Waals surface area contributed by atoms with Crippen molar-refractivity contribution in [3.63, 3.8) is 0 Å². The van der Waals surface area contributed by atoms with Gasteiger partial charge in [0.1, 0.15) is 5.88 Å². The Hall–Kier alpha value is -1.80. The smallest absolute Gasteiger partial charge is 0.308 e. The summed E-state index contributed by atoms with van der Waals surface area (Å²) in [5, 5.41) is 2.52. The van der Waals surface area contributed by atoms with Gasteiger partial charge in [0.15, 0.2) is 5.75 Å². The van der Waals surface area contributed by atoms with Gasteiger partial charge in [0, 0.05) is 18.2 Å². The van der Waals surface area contributed by atoms with Gasteiger partial charge in [-0.05, 0) is 19.1 Å². The fourth-order valence-electron chi connectivity index (χ4n) is 1.57. The molecular weight excluding hydrogens is 320 g/mol. The van der Waals surface area contributed by atoms with Crippen molar-refractivity contribution in [3.05, 3.63) is 17.7 Å². The molecule has 1 rings (SSSR count). The van der Waals surface area contributed by atoms with Crippen molar-refractivity contribution < 1.29 is 22.7 Å². The highest BCUT2D eigenvalue weighted by Crippen LogP contribution is 2.34. The summed E-state index contributed by atoms with van der Waals surface area (Å²) in [5.74, 6) is -1.25. The van der Waals surface area contributed by atoms with E-state index in [-0.39, 0.29) is 17.3 Å². The molecule has 7 nitrogen and oxygen atoms in total. The van der Waals surface area contributed by atoms with Gasteiger partial charge in [-0.1, -0.05) is 0 Å². The molecule has 2 N–H and O–H groups in total. The van der Waals surface area contributed by atoms with Gasteiger partial charge in [-0.15, -0.1) is 11.6 Å². The van der Waals surface area contributed by atoms with E-state index < -0.39 is 21.9 Å². The number of alkyl halides is 1. The zero-order valence-corrected chi connectivity index (χ0v) is 13.3. The van der Waals surface area contributed by atoms with Gasteiger partial charge in [-0.3, -0.25) is 14.3 Å². The topological polar surface area (TPSA) is 102 Å². The lowest BCUT2D eigenvalue weighted by Crippen LogP contribution is -2.16. The molecule has 0 aliphatic rings. The van der Waals surface area contributed by atoms with Crippen molar-refractivity contribution in [2.75, 3.05) is 22.2 Å². The molecule has 116 valence electrons. The number of halogens is 1. The van der Waals surface area contributed by atoms with Crippen LogP contribution in [0.2, 0.25) is 0 Å². The number of rotatable bonds is 5. The van der Waals surface area contributed by atoms with E-state index in [0.29, 0.717) is 11.3 Å². The lowest BCUT2D eigenvalue weighted by atomic mass is 10.1. The molecule has 1 aromatic rings. The number of esters is 1. The van der Waals surface area contributed by atoms with Gasteiger partial charge in [-0.2, -0.15) is 0 Å². The van der Waals surface area contributed by atoms with Crippen LogP contribution in [-0.4, -0.2) is 32.4 Å². The molecule has 0 aliphatic heterocycles. The summed E-state index contributed by atoms with van der Waals surface area (Å²) in [5.41, 5.74) is 0.877. The number of amides is 1. The van der Waals surface area contributed by atoms with Crippen molar-refractivity contribution >= 4 is 44.9 Å². The van der Waals surface area contributed by atoms with Gasteiger partial charge in [0.25, 0.3) is 0 Å². The number of anilines is 2. The molecular formula is C12H15ClN2O5S. The highest BCUT2D eigenvalue weighted by Gasteiger charge is 2.17. The summed E-state index contributed by atoms with van der Waals surface area (Å²) in [7, 11) is -3.54. The number of benzene rings is 1. The first-order valence-corrected chi connectivity index (χ1v) is 8.22. The summed E-state index contributed by atoms with van der Waals surface area (Å²) in [6.45, 7) is 2.77. The quantitative estimate of drug-likeness (QED) is 0.482. The molecule has 0 saturated heterocycles. The number of hydrogen-bond acceptors (Lipinski definition) is 5. The summed E-state index contributed by atoms with van der Waals surface area (Å²) in [4.78, 5) is 22.5. The van der Waals surface area contributed by atoms with Crippen LogP contribution in [-0.2, 0) is 19.6 Å². The van der Waals surface area contributed by atoms with Gasteiger partial charge < -0.3 is 10.1 Å². The first kappa shape index (κ1) is 17.3. The number of carbonyl (C=O) groups is 2. The Morgan fingerprint density at radius 1 is 1.29 bits per heavy atom. The zero-order valence-electron chi connectivity index (χ0n) is 11.7. The lowest BCUT2D eigenvalue weighted by Gasteiger charge is -2.16. The fourth-order valence-corrected chi connectivity index (χ4v) is 2.19. The van der Waals surface area contributed by atoms with Gasteiger partial charge in [0.2, 0.25) is 15.9 Å². The summed E-state index contributed by atoms with van der Waals surface area (Å²) >= 11 is 5.41. The maximum atomic E-state index is 11.3. The van der Waals surface area contributed by atoms with Crippen molar-refractivity contribution in [2.45, 2.75) is 13.8 Å². The summed E-state index contributed by atoms with van der Waals surface area (Å²) in [6.07, 6.45) is 0.975. The molecule has 0 spiro atoms. The average Bonchev–Trinajstić information content (AvgIpc) is 2.35. The molecule has 0 aromatic heterocycles. The monoisotopic (exact) mass is 334 g/mol. The van der Waals surface area contributed by atoms with Crippen LogP contribution in [0.3, 0.4) is 0 Å². The van der Waals surface area contributed by atoms with Gasteiger partial charge in [0.05, 0.1) is 11.9 Å². The first-order valence-electron chi connectivity index (χ1n) is 5.79. The number of carbonyl (C=O) groups excluding carboxylic acids is 2. The molecule has 1 amide bonds. The van der Waals surface area contributed by atoms with E-state index in [9.17, 15) is 18.0 Å². The minimum atomic E-state index is -3.54. The van der Waals surface area contributed by atoms with Gasteiger partial charge >= 0.3 is 5.97 Å². The fraction of sp³-hybridized carbons (Fsp3) is 0.333. The van der Waals surface area contributed by atoms with E-state index in [1.54, 1.807) is 6.92 Å². The van der Waals surface area contributed by atoms with Crippen LogP contribution in [0.4, 0.5) is 11.4 Å². The molecule has 0 radical (unpaired) electrons. The minimum Gasteiger partial charge on any atom is -0.424 e. The van der Waals surface area contributed by atoms with E-state index in [1.165, 1.54) is 19.1 Å². The van der Waals surface area contributed by atoms with Crippen molar-refractivity contribution in [1.82, 2.24) is 0 Å². The number of nitrogens with one attached hydrogen (secondary N) is 2. The number of sulfonamides is 1.